The average Bonchev–Trinajstić information content (AvgIpc) is 2.85. The van der Waals surface area contributed by atoms with E-state index in [0.717, 1.165) is 30.6 Å². The second-order valence-corrected chi connectivity index (χ2v) is 6.82. The number of benzene rings is 1. The van der Waals surface area contributed by atoms with Crippen molar-refractivity contribution < 1.29 is 13.2 Å². The zero-order valence-electron chi connectivity index (χ0n) is 11.8. The number of nitrogens with one attached hydrogen (secondary N) is 1. The van der Waals surface area contributed by atoms with Crippen LogP contribution in [-0.2, 0) is 16.4 Å². The fourth-order valence-electron chi connectivity index (χ4n) is 2.26. The Morgan fingerprint density at radius 2 is 2.20 bits per heavy atom. The van der Waals surface area contributed by atoms with Crippen molar-refractivity contribution in [2.45, 2.75) is 43.6 Å². The van der Waals surface area contributed by atoms with E-state index in [1.807, 2.05) is 0 Å². The van der Waals surface area contributed by atoms with E-state index in [9.17, 15) is 8.42 Å². The molecular weight excluding hydrogens is 276 g/mol. The molecule has 2 rings (SSSR count). The van der Waals surface area contributed by atoms with Gasteiger partial charge in [0.25, 0.3) is 0 Å². The Morgan fingerprint density at radius 1 is 1.40 bits per heavy atom. The van der Waals surface area contributed by atoms with Gasteiger partial charge < -0.3 is 10.5 Å². The molecule has 0 bridgehead atoms. The van der Waals surface area contributed by atoms with E-state index >= 15 is 0 Å². The van der Waals surface area contributed by atoms with E-state index in [-0.39, 0.29) is 6.10 Å². The van der Waals surface area contributed by atoms with E-state index in [2.05, 4.69) is 11.6 Å². The van der Waals surface area contributed by atoms with Crippen LogP contribution in [0.25, 0.3) is 0 Å². The maximum Gasteiger partial charge on any atom is 0.240 e. The van der Waals surface area contributed by atoms with Crippen molar-refractivity contribution in [2.24, 2.45) is 5.73 Å². The van der Waals surface area contributed by atoms with E-state index in [0.29, 0.717) is 24.4 Å². The van der Waals surface area contributed by atoms with Crippen molar-refractivity contribution in [3.05, 3.63) is 23.8 Å². The van der Waals surface area contributed by atoms with Crippen LogP contribution in [0.1, 0.15) is 31.7 Å². The molecule has 112 valence electrons. The number of ether oxygens (including phenoxy) is 1. The van der Waals surface area contributed by atoms with Crippen LogP contribution < -0.4 is 15.2 Å². The van der Waals surface area contributed by atoms with Crippen LogP contribution in [0.2, 0.25) is 0 Å². The third kappa shape index (κ3) is 3.50. The molecule has 0 aliphatic carbocycles. The Hall–Kier alpha value is -1.11. The van der Waals surface area contributed by atoms with Crippen LogP contribution in [0.3, 0.4) is 0 Å². The minimum atomic E-state index is -3.42. The van der Waals surface area contributed by atoms with Crippen LogP contribution in [0.4, 0.5) is 0 Å². The Morgan fingerprint density at radius 3 is 2.90 bits per heavy atom. The molecule has 1 aromatic rings. The van der Waals surface area contributed by atoms with Crippen molar-refractivity contribution in [2.75, 3.05) is 13.1 Å². The molecule has 0 radical (unpaired) electrons. The zero-order valence-corrected chi connectivity index (χ0v) is 12.6. The van der Waals surface area contributed by atoms with Gasteiger partial charge in [0.1, 0.15) is 11.9 Å². The van der Waals surface area contributed by atoms with Crippen LogP contribution in [0, 0.1) is 0 Å². The van der Waals surface area contributed by atoms with E-state index in [1.165, 1.54) is 0 Å². The van der Waals surface area contributed by atoms with Gasteiger partial charge in [-0.05, 0) is 30.2 Å². The third-order valence-corrected chi connectivity index (χ3v) is 4.88. The van der Waals surface area contributed by atoms with Crippen LogP contribution in [-0.4, -0.2) is 27.6 Å². The molecule has 20 heavy (non-hydrogen) atoms. The number of nitrogens with two attached hydrogens (primary N) is 1. The average molecular weight is 298 g/mol. The predicted octanol–water partition coefficient (Wildman–Crippen LogP) is 1.42. The van der Waals surface area contributed by atoms with Gasteiger partial charge in [0, 0.05) is 19.5 Å². The Kier molecular flexibility index (Phi) is 5.01. The van der Waals surface area contributed by atoms with Crippen molar-refractivity contribution in [1.82, 2.24) is 4.72 Å². The predicted molar refractivity (Wildman–Crippen MR) is 78.3 cm³/mol. The Balaban J connectivity index is 2.06. The lowest BCUT2D eigenvalue weighted by molar-refractivity contribution is 0.241. The fraction of sp³-hybridized carbons (Fsp3) is 0.571. The monoisotopic (exact) mass is 298 g/mol. The van der Waals surface area contributed by atoms with Gasteiger partial charge in [0.05, 0.1) is 4.90 Å². The van der Waals surface area contributed by atoms with Gasteiger partial charge in [-0.1, -0.05) is 19.8 Å². The molecule has 1 atom stereocenters. The molecular formula is C14H22N2O3S. The summed E-state index contributed by atoms with van der Waals surface area (Å²) in [5, 5.41) is 0. The highest BCUT2D eigenvalue weighted by atomic mass is 32.2. The van der Waals surface area contributed by atoms with Crippen LogP contribution in [0.15, 0.2) is 23.1 Å². The molecule has 1 aliphatic heterocycles. The van der Waals surface area contributed by atoms with Gasteiger partial charge in [-0.2, -0.15) is 0 Å². The number of sulfonamides is 1. The van der Waals surface area contributed by atoms with Gasteiger partial charge >= 0.3 is 0 Å². The highest BCUT2D eigenvalue weighted by Crippen LogP contribution is 2.30. The molecule has 0 aromatic heterocycles. The molecule has 1 aromatic carbocycles. The largest absolute Gasteiger partial charge is 0.488 e. The Labute approximate surface area is 120 Å². The molecule has 6 heteroatoms. The first-order chi connectivity index (χ1) is 9.56. The third-order valence-electron chi connectivity index (χ3n) is 3.42. The van der Waals surface area contributed by atoms with Gasteiger partial charge in [-0.25, -0.2) is 13.1 Å². The van der Waals surface area contributed by atoms with E-state index in [4.69, 9.17) is 10.5 Å². The Bertz CT molecular complexity index is 558. The lowest BCUT2D eigenvalue weighted by Crippen LogP contribution is -2.25. The fourth-order valence-corrected chi connectivity index (χ4v) is 3.38. The van der Waals surface area contributed by atoms with Crippen molar-refractivity contribution in [3.63, 3.8) is 0 Å². The van der Waals surface area contributed by atoms with Gasteiger partial charge in [0.2, 0.25) is 10.0 Å². The minimum absolute atomic E-state index is 0.0412. The first-order valence-corrected chi connectivity index (χ1v) is 8.54. The number of fused-ring (bicyclic) bond motifs is 1. The second-order valence-electron chi connectivity index (χ2n) is 5.05. The first-order valence-electron chi connectivity index (χ1n) is 7.06. The molecule has 1 unspecified atom stereocenters. The summed E-state index contributed by atoms with van der Waals surface area (Å²) in [6, 6.07) is 4.98. The van der Waals surface area contributed by atoms with E-state index < -0.39 is 10.0 Å². The smallest absolute Gasteiger partial charge is 0.240 e. The molecule has 0 amide bonds. The summed E-state index contributed by atoms with van der Waals surface area (Å²) in [6.45, 7) is 3.00. The molecule has 1 aliphatic rings. The lowest BCUT2D eigenvalue weighted by atomic mass is 10.1. The second kappa shape index (κ2) is 6.56. The summed E-state index contributed by atoms with van der Waals surface area (Å²) < 4.78 is 32.6. The molecule has 5 nitrogen and oxygen atoms in total. The number of rotatable bonds is 7. The summed E-state index contributed by atoms with van der Waals surface area (Å²) in [4.78, 5) is 0.300. The summed E-state index contributed by atoms with van der Waals surface area (Å²) in [5.41, 5.74) is 6.49. The maximum absolute atomic E-state index is 12.2. The molecule has 0 spiro atoms. The standard InChI is InChI=1S/C14H22N2O3S/c1-2-3-4-7-16-20(17,18)13-5-6-14-11(9-13)8-12(10-15)19-14/h5-6,9,12,16H,2-4,7-8,10,15H2,1H3. The molecule has 0 saturated heterocycles. The highest BCUT2D eigenvalue weighted by molar-refractivity contribution is 7.89. The number of hydrogen-bond donors (Lipinski definition) is 2. The topological polar surface area (TPSA) is 81.4 Å². The minimum Gasteiger partial charge on any atom is -0.488 e. The van der Waals surface area contributed by atoms with Crippen molar-refractivity contribution in [1.29, 1.82) is 0 Å². The normalized spacial score (nSPS) is 17.8. The highest BCUT2D eigenvalue weighted by Gasteiger charge is 2.24. The zero-order chi connectivity index (χ0) is 14.6. The summed E-state index contributed by atoms with van der Waals surface area (Å²) in [5.74, 6) is 0.741. The summed E-state index contributed by atoms with van der Waals surface area (Å²) in [7, 11) is -3.42. The first kappa shape index (κ1) is 15.3. The summed E-state index contributed by atoms with van der Waals surface area (Å²) in [6.07, 6.45) is 3.58. The SMILES string of the molecule is CCCCCNS(=O)(=O)c1ccc2c(c1)CC(CN)O2. The maximum atomic E-state index is 12.2. The van der Waals surface area contributed by atoms with Crippen molar-refractivity contribution in [3.8, 4) is 5.75 Å². The number of hydrogen-bond acceptors (Lipinski definition) is 4. The lowest BCUT2D eigenvalue weighted by Gasteiger charge is -2.08. The quantitative estimate of drug-likeness (QED) is 0.746. The van der Waals surface area contributed by atoms with Gasteiger partial charge in [-0.15, -0.1) is 0 Å². The van der Waals surface area contributed by atoms with Gasteiger partial charge in [-0.3, -0.25) is 0 Å². The van der Waals surface area contributed by atoms with Gasteiger partial charge in [0.15, 0.2) is 0 Å². The van der Waals surface area contributed by atoms with Crippen LogP contribution >= 0.6 is 0 Å². The molecule has 0 saturated carbocycles. The number of unbranched alkanes of at least 4 members (excludes halogenated alkanes) is 2. The van der Waals surface area contributed by atoms with E-state index in [1.54, 1.807) is 18.2 Å². The molecule has 3 N–H and O–H groups in total. The van der Waals surface area contributed by atoms with Crippen molar-refractivity contribution >= 4 is 10.0 Å². The van der Waals surface area contributed by atoms with Crippen LogP contribution in [0.5, 0.6) is 5.75 Å². The molecule has 0 fully saturated rings. The molecule has 1 heterocycles. The summed E-state index contributed by atoms with van der Waals surface area (Å²) >= 11 is 0.